The number of hydrogen-bond donors (Lipinski definition) is 0. The van der Waals surface area contributed by atoms with Gasteiger partial charge in [-0.1, -0.05) is 62.7 Å². The molecule has 6 heteroatoms. The summed E-state index contributed by atoms with van der Waals surface area (Å²) in [4.78, 5) is 30.0. The highest BCUT2D eigenvalue weighted by Crippen LogP contribution is 2.30. The first-order valence-corrected chi connectivity index (χ1v) is 14.2. The van der Waals surface area contributed by atoms with Crippen LogP contribution in [0.4, 0.5) is 0 Å². The fourth-order valence-electron chi connectivity index (χ4n) is 5.26. The SMILES string of the molecule is Cc1cccc(C(=O)N(Cc2ncccc2C)[C@@H](COc2cc(-c3c(C)cccc3C)nc(C)n2)CC(C)(C)C)c1. The first kappa shape index (κ1) is 29.9. The van der Waals surface area contributed by atoms with Gasteiger partial charge in [-0.05, 0) is 81.3 Å². The van der Waals surface area contributed by atoms with E-state index in [-0.39, 0.29) is 17.4 Å². The lowest BCUT2D eigenvalue weighted by Gasteiger charge is -2.36. The van der Waals surface area contributed by atoms with E-state index >= 15 is 0 Å². The average Bonchev–Trinajstić information content (AvgIpc) is 2.89. The maximum Gasteiger partial charge on any atom is 0.254 e. The van der Waals surface area contributed by atoms with Crippen molar-refractivity contribution in [1.82, 2.24) is 19.9 Å². The van der Waals surface area contributed by atoms with Crippen LogP contribution in [0.25, 0.3) is 11.3 Å². The minimum absolute atomic E-state index is 0.0355. The van der Waals surface area contributed by atoms with Gasteiger partial charge in [-0.2, -0.15) is 4.98 Å². The van der Waals surface area contributed by atoms with E-state index in [0.717, 1.165) is 45.6 Å². The Hall–Kier alpha value is -4.06. The van der Waals surface area contributed by atoms with Gasteiger partial charge in [0.15, 0.2) is 0 Å². The van der Waals surface area contributed by atoms with Crippen LogP contribution in [0.15, 0.2) is 66.9 Å². The highest BCUT2D eigenvalue weighted by atomic mass is 16.5. The Morgan fingerprint density at radius 2 is 1.56 bits per heavy atom. The second-order valence-corrected chi connectivity index (χ2v) is 12.2. The summed E-state index contributed by atoms with van der Waals surface area (Å²) in [7, 11) is 0. The van der Waals surface area contributed by atoms with E-state index in [1.807, 2.05) is 68.1 Å². The molecule has 4 rings (SSSR count). The molecular weight excluding hydrogens is 508 g/mol. The number of aryl methyl sites for hydroxylation is 5. The molecule has 0 aliphatic carbocycles. The molecule has 4 aromatic rings. The zero-order chi connectivity index (χ0) is 29.7. The predicted octanol–water partition coefficient (Wildman–Crippen LogP) is 7.61. The molecule has 6 nitrogen and oxygen atoms in total. The number of pyridine rings is 1. The number of benzene rings is 2. The fourth-order valence-corrected chi connectivity index (χ4v) is 5.26. The molecular formula is C35H42N4O2. The lowest BCUT2D eigenvalue weighted by Crippen LogP contribution is -2.45. The third-order valence-electron chi connectivity index (χ3n) is 7.23. The van der Waals surface area contributed by atoms with Gasteiger partial charge in [0.1, 0.15) is 12.4 Å². The Bertz CT molecular complexity index is 1500. The molecule has 0 fully saturated rings. The Morgan fingerprint density at radius 3 is 2.22 bits per heavy atom. The van der Waals surface area contributed by atoms with Crippen molar-refractivity contribution in [1.29, 1.82) is 0 Å². The highest BCUT2D eigenvalue weighted by Gasteiger charge is 2.30. The molecule has 0 aliphatic rings. The van der Waals surface area contributed by atoms with E-state index in [0.29, 0.717) is 30.4 Å². The number of carbonyl (C=O) groups excluding carboxylic acids is 1. The smallest absolute Gasteiger partial charge is 0.254 e. The van der Waals surface area contributed by atoms with Crippen LogP contribution in [-0.2, 0) is 6.54 Å². The molecule has 1 amide bonds. The highest BCUT2D eigenvalue weighted by molar-refractivity contribution is 5.94. The fraction of sp³-hybridized carbons (Fsp3) is 0.371. The molecule has 2 heterocycles. The van der Waals surface area contributed by atoms with Gasteiger partial charge in [0, 0.05) is 23.4 Å². The van der Waals surface area contributed by atoms with Crippen LogP contribution in [0.3, 0.4) is 0 Å². The summed E-state index contributed by atoms with van der Waals surface area (Å²) < 4.78 is 6.43. The molecule has 2 aromatic heterocycles. The summed E-state index contributed by atoms with van der Waals surface area (Å²) in [6.45, 7) is 17.4. The maximum atomic E-state index is 14.1. The lowest BCUT2D eigenvalue weighted by atomic mass is 9.87. The van der Waals surface area contributed by atoms with Crippen LogP contribution in [0, 0.1) is 40.0 Å². The van der Waals surface area contributed by atoms with E-state index < -0.39 is 0 Å². The molecule has 1 atom stereocenters. The molecule has 41 heavy (non-hydrogen) atoms. The molecule has 0 unspecified atom stereocenters. The summed E-state index contributed by atoms with van der Waals surface area (Å²) in [6.07, 6.45) is 2.52. The average molecular weight is 551 g/mol. The number of amides is 1. The topological polar surface area (TPSA) is 68.2 Å². The van der Waals surface area contributed by atoms with Crippen LogP contribution >= 0.6 is 0 Å². The number of hydrogen-bond acceptors (Lipinski definition) is 5. The van der Waals surface area contributed by atoms with E-state index in [9.17, 15) is 4.79 Å². The minimum Gasteiger partial charge on any atom is -0.475 e. The van der Waals surface area contributed by atoms with Crippen molar-refractivity contribution < 1.29 is 9.53 Å². The second kappa shape index (κ2) is 12.6. The standard InChI is InChI=1S/C35H42N4O2/c1-23-12-9-16-28(18-23)34(40)39(21-31-24(2)15-11-17-36-31)29(20-35(6,7)8)22-41-32-19-30(37-27(5)38-32)33-25(3)13-10-14-26(33)4/h9-19,29H,20-22H2,1-8H3/t29-/m1/s1. The van der Waals surface area contributed by atoms with Gasteiger partial charge in [-0.3, -0.25) is 9.78 Å². The lowest BCUT2D eigenvalue weighted by molar-refractivity contribution is 0.0508. The quantitative estimate of drug-likeness (QED) is 0.215. The molecule has 0 aliphatic heterocycles. The van der Waals surface area contributed by atoms with Gasteiger partial charge in [0.2, 0.25) is 5.88 Å². The van der Waals surface area contributed by atoms with Crippen LogP contribution in [0.2, 0.25) is 0 Å². The predicted molar refractivity (Wildman–Crippen MR) is 165 cm³/mol. The van der Waals surface area contributed by atoms with Gasteiger partial charge in [-0.25, -0.2) is 4.98 Å². The van der Waals surface area contributed by atoms with Crippen molar-refractivity contribution in [2.75, 3.05) is 6.61 Å². The Kier molecular flexibility index (Phi) is 9.21. The van der Waals surface area contributed by atoms with Crippen molar-refractivity contribution in [2.24, 2.45) is 5.41 Å². The Morgan fingerprint density at radius 1 is 0.878 bits per heavy atom. The molecule has 0 radical (unpaired) electrons. The molecule has 2 aromatic carbocycles. The first-order chi connectivity index (χ1) is 19.4. The zero-order valence-electron chi connectivity index (χ0n) is 25.7. The van der Waals surface area contributed by atoms with Gasteiger partial charge in [-0.15, -0.1) is 0 Å². The van der Waals surface area contributed by atoms with Crippen molar-refractivity contribution in [2.45, 2.75) is 74.4 Å². The van der Waals surface area contributed by atoms with Gasteiger partial charge in [0.05, 0.1) is 24.0 Å². The summed E-state index contributed by atoms with van der Waals surface area (Å²) >= 11 is 0. The Balaban J connectivity index is 1.71. The third-order valence-corrected chi connectivity index (χ3v) is 7.23. The van der Waals surface area contributed by atoms with Gasteiger partial charge in [0.25, 0.3) is 5.91 Å². The molecule has 0 spiro atoms. The van der Waals surface area contributed by atoms with Crippen LogP contribution in [-0.4, -0.2) is 38.4 Å². The first-order valence-electron chi connectivity index (χ1n) is 14.2. The van der Waals surface area contributed by atoms with Crippen molar-refractivity contribution in [3.05, 3.63) is 106 Å². The number of nitrogens with zero attached hydrogens (tertiary/aromatic N) is 4. The summed E-state index contributed by atoms with van der Waals surface area (Å²) in [5.41, 5.74) is 7.82. The van der Waals surface area contributed by atoms with Gasteiger partial charge < -0.3 is 9.64 Å². The largest absolute Gasteiger partial charge is 0.475 e. The van der Waals surface area contributed by atoms with Crippen molar-refractivity contribution in [3.8, 4) is 17.1 Å². The number of carbonyl (C=O) groups is 1. The van der Waals surface area contributed by atoms with Crippen LogP contribution < -0.4 is 4.74 Å². The van der Waals surface area contributed by atoms with Gasteiger partial charge >= 0.3 is 0 Å². The molecule has 0 bridgehead atoms. The normalized spacial score (nSPS) is 12.2. The maximum absolute atomic E-state index is 14.1. The molecule has 0 N–H and O–H groups in total. The summed E-state index contributed by atoms with van der Waals surface area (Å²) in [5, 5.41) is 0. The number of rotatable bonds is 9. The van der Waals surface area contributed by atoms with E-state index in [4.69, 9.17) is 9.72 Å². The van der Waals surface area contributed by atoms with Crippen LogP contribution in [0.5, 0.6) is 5.88 Å². The molecule has 0 saturated heterocycles. The van der Waals surface area contributed by atoms with E-state index in [1.165, 1.54) is 0 Å². The summed E-state index contributed by atoms with van der Waals surface area (Å²) in [6, 6.07) is 19.6. The van der Waals surface area contributed by atoms with Crippen LogP contribution in [0.1, 0.15) is 71.3 Å². The number of aromatic nitrogens is 3. The van der Waals surface area contributed by atoms with Crippen molar-refractivity contribution in [3.63, 3.8) is 0 Å². The second-order valence-electron chi connectivity index (χ2n) is 12.2. The van der Waals surface area contributed by atoms with Crippen molar-refractivity contribution >= 4 is 5.91 Å². The zero-order valence-corrected chi connectivity index (χ0v) is 25.7. The molecule has 0 saturated carbocycles. The Labute approximate surface area is 244 Å². The number of ether oxygens (including phenoxy) is 1. The monoisotopic (exact) mass is 550 g/mol. The molecule has 214 valence electrons. The third kappa shape index (κ3) is 7.78. The van der Waals surface area contributed by atoms with E-state index in [1.54, 1.807) is 6.20 Å². The summed E-state index contributed by atoms with van der Waals surface area (Å²) in [5.74, 6) is 1.11. The van der Waals surface area contributed by atoms with E-state index in [2.05, 4.69) is 62.8 Å². The minimum atomic E-state index is -0.219.